The van der Waals surface area contributed by atoms with Crippen LogP contribution >= 0.6 is 0 Å². The van der Waals surface area contributed by atoms with Crippen molar-refractivity contribution in [2.75, 3.05) is 12.4 Å². The van der Waals surface area contributed by atoms with Crippen LogP contribution in [0.3, 0.4) is 0 Å². The number of rotatable bonds is 3. The zero-order valence-corrected chi connectivity index (χ0v) is 11.7. The highest BCUT2D eigenvalue weighted by Crippen LogP contribution is 2.56. The Kier molecular flexibility index (Phi) is 2.54. The Bertz CT molecular complexity index is 447. The van der Waals surface area contributed by atoms with E-state index in [1.54, 1.807) is 7.11 Å². The number of anilines is 1. The van der Waals surface area contributed by atoms with Crippen molar-refractivity contribution in [3.05, 3.63) is 24.3 Å². The topological polar surface area (TPSA) is 21.3 Å². The molecule has 0 unspecified atom stereocenters. The van der Waals surface area contributed by atoms with E-state index in [9.17, 15) is 0 Å². The molecular weight excluding hydrogens is 234 g/mol. The Morgan fingerprint density at radius 3 is 2.26 bits per heavy atom. The summed E-state index contributed by atoms with van der Waals surface area (Å²) in [4.78, 5) is 0. The van der Waals surface area contributed by atoms with E-state index in [0.29, 0.717) is 5.54 Å². The van der Waals surface area contributed by atoms with Crippen LogP contribution < -0.4 is 10.1 Å². The molecule has 0 aromatic heterocycles. The van der Waals surface area contributed by atoms with E-state index in [4.69, 9.17) is 4.74 Å². The standard InChI is InChI=1S/C17H23NO/c1-19-16-4-2-3-15(8-16)18-17-9-12-5-13(10-17)7-14(6-12)11-17/h2-4,8,12-14,18H,5-7,9-11H2,1H3. The van der Waals surface area contributed by atoms with Gasteiger partial charge in [0.15, 0.2) is 0 Å². The molecule has 4 bridgehead atoms. The van der Waals surface area contributed by atoms with Gasteiger partial charge in [-0.3, -0.25) is 0 Å². The van der Waals surface area contributed by atoms with Crippen LogP contribution in [-0.4, -0.2) is 12.6 Å². The number of hydrogen-bond donors (Lipinski definition) is 1. The highest BCUT2D eigenvalue weighted by Gasteiger charge is 2.50. The molecule has 0 heterocycles. The summed E-state index contributed by atoms with van der Waals surface area (Å²) in [6, 6.07) is 8.42. The lowest BCUT2D eigenvalue weighted by Gasteiger charge is -2.57. The van der Waals surface area contributed by atoms with Gasteiger partial charge in [0.1, 0.15) is 5.75 Å². The quantitative estimate of drug-likeness (QED) is 0.881. The van der Waals surface area contributed by atoms with Crippen LogP contribution in [0.1, 0.15) is 38.5 Å². The third kappa shape index (κ3) is 2.01. The highest BCUT2D eigenvalue weighted by atomic mass is 16.5. The lowest BCUT2D eigenvalue weighted by Crippen LogP contribution is -2.54. The number of methoxy groups -OCH3 is 1. The minimum atomic E-state index is 0.390. The maximum absolute atomic E-state index is 5.34. The van der Waals surface area contributed by atoms with Crippen LogP contribution in [0.4, 0.5) is 5.69 Å². The molecule has 2 nitrogen and oxygen atoms in total. The van der Waals surface area contributed by atoms with Gasteiger partial charge in [-0.05, 0) is 68.4 Å². The van der Waals surface area contributed by atoms with Gasteiger partial charge in [0.25, 0.3) is 0 Å². The summed E-state index contributed by atoms with van der Waals surface area (Å²) in [6.45, 7) is 0. The van der Waals surface area contributed by atoms with E-state index in [2.05, 4.69) is 23.5 Å². The Labute approximate surface area is 115 Å². The fraction of sp³-hybridized carbons (Fsp3) is 0.647. The van der Waals surface area contributed by atoms with Gasteiger partial charge in [0, 0.05) is 17.3 Å². The summed E-state index contributed by atoms with van der Waals surface area (Å²) in [5, 5.41) is 3.88. The van der Waals surface area contributed by atoms with Crippen molar-refractivity contribution in [2.45, 2.75) is 44.1 Å². The van der Waals surface area contributed by atoms with E-state index < -0.39 is 0 Å². The Balaban J connectivity index is 1.58. The summed E-state index contributed by atoms with van der Waals surface area (Å²) in [5.41, 5.74) is 1.63. The first kappa shape index (κ1) is 11.6. The fourth-order valence-electron chi connectivity index (χ4n) is 5.27. The highest BCUT2D eigenvalue weighted by molar-refractivity contribution is 5.50. The van der Waals surface area contributed by atoms with E-state index >= 15 is 0 Å². The predicted octanol–water partition coefficient (Wildman–Crippen LogP) is 4.08. The average molecular weight is 257 g/mol. The fourth-order valence-corrected chi connectivity index (χ4v) is 5.27. The maximum atomic E-state index is 5.34. The second kappa shape index (κ2) is 4.16. The molecule has 0 aliphatic heterocycles. The predicted molar refractivity (Wildman–Crippen MR) is 77.5 cm³/mol. The first-order valence-electron chi connectivity index (χ1n) is 7.67. The lowest BCUT2D eigenvalue weighted by molar-refractivity contribution is 0.0107. The molecule has 0 radical (unpaired) electrons. The van der Waals surface area contributed by atoms with Crippen molar-refractivity contribution in [3.8, 4) is 5.75 Å². The van der Waals surface area contributed by atoms with Crippen molar-refractivity contribution in [1.29, 1.82) is 0 Å². The van der Waals surface area contributed by atoms with Gasteiger partial charge in [-0.1, -0.05) is 6.07 Å². The maximum Gasteiger partial charge on any atom is 0.120 e. The normalized spacial score (nSPS) is 39.3. The smallest absolute Gasteiger partial charge is 0.120 e. The molecule has 0 amide bonds. The molecule has 0 spiro atoms. The van der Waals surface area contributed by atoms with Crippen LogP contribution in [0, 0.1) is 17.8 Å². The first-order valence-corrected chi connectivity index (χ1v) is 7.67. The monoisotopic (exact) mass is 257 g/mol. The molecule has 0 saturated heterocycles. The van der Waals surface area contributed by atoms with E-state index in [1.807, 2.05) is 6.07 Å². The molecule has 2 heteroatoms. The van der Waals surface area contributed by atoms with Crippen LogP contribution in [0.2, 0.25) is 0 Å². The van der Waals surface area contributed by atoms with Crippen molar-refractivity contribution in [3.63, 3.8) is 0 Å². The SMILES string of the molecule is COc1cccc(NC23CC4CC(CC(C4)C2)C3)c1. The minimum absolute atomic E-state index is 0.390. The molecule has 1 aromatic rings. The molecule has 4 aliphatic rings. The number of benzene rings is 1. The molecule has 102 valence electrons. The van der Waals surface area contributed by atoms with Gasteiger partial charge < -0.3 is 10.1 Å². The molecule has 4 fully saturated rings. The number of nitrogens with one attached hydrogen (secondary N) is 1. The zero-order chi connectivity index (χ0) is 12.9. The third-order valence-electron chi connectivity index (χ3n) is 5.52. The summed E-state index contributed by atoms with van der Waals surface area (Å²) < 4.78 is 5.34. The van der Waals surface area contributed by atoms with Gasteiger partial charge in [-0.2, -0.15) is 0 Å². The first-order chi connectivity index (χ1) is 9.25. The molecule has 0 atom stereocenters. The van der Waals surface area contributed by atoms with Gasteiger partial charge in [-0.15, -0.1) is 0 Å². The summed E-state index contributed by atoms with van der Waals surface area (Å²) in [6.07, 6.45) is 8.65. The van der Waals surface area contributed by atoms with E-state index in [0.717, 1.165) is 23.5 Å². The second-order valence-electron chi connectivity index (χ2n) is 7.05. The Morgan fingerprint density at radius 1 is 1.05 bits per heavy atom. The largest absolute Gasteiger partial charge is 0.497 e. The van der Waals surface area contributed by atoms with Gasteiger partial charge >= 0.3 is 0 Å². The van der Waals surface area contributed by atoms with Gasteiger partial charge in [-0.25, -0.2) is 0 Å². The van der Waals surface area contributed by atoms with Crippen molar-refractivity contribution >= 4 is 5.69 Å². The van der Waals surface area contributed by atoms with Crippen molar-refractivity contribution < 1.29 is 4.74 Å². The van der Waals surface area contributed by atoms with E-state index in [1.165, 1.54) is 44.2 Å². The molecule has 19 heavy (non-hydrogen) atoms. The second-order valence-corrected chi connectivity index (χ2v) is 7.05. The average Bonchev–Trinajstić information content (AvgIpc) is 2.36. The van der Waals surface area contributed by atoms with Crippen LogP contribution in [0.25, 0.3) is 0 Å². The van der Waals surface area contributed by atoms with Crippen molar-refractivity contribution in [2.24, 2.45) is 17.8 Å². The molecule has 4 saturated carbocycles. The van der Waals surface area contributed by atoms with Gasteiger partial charge in [0.05, 0.1) is 7.11 Å². The molecular formula is C17H23NO. The zero-order valence-electron chi connectivity index (χ0n) is 11.7. The van der Waals surface area contributed by atoms with Crippen LogP contribution in [0.15, 0.2) is 24.3 Å². The molecule has 1 N–H and O–H groups in total. The van der Waals surface area contributed by atoms with E-state index in [-0.39, 0.29) is 0 Å². The Hall–Kier alpha value is -1.18. The van der Waals surface area contributed by atoms with Gasteiger partial charge in [0.2, 0.25) is 0 Å². The summed E-state index contributed by atoms with van der Waals surface area (Å²) in [5.74, 6) is 3.92. The Morgan fingerprint density at radius 2 is 1.68 bits per heavy atom. The lowest BCUT2D eigenvalue weighted by atomic mass is 9.53. The molecule has 4 aliphatic carbocycles. The number of hydrogen-bond acceptors (Lipinski definition) is 2. The summed E-state index contributed by atoms with van der Waals surface area (Å²) >= 11 is 0. The minimum Gasteiger partial charge on any atom is -0.497 e. The van der Waals surface area contributed by atoms with Crippen molar-refractivity contribution in [1.82, 2.24) is 0 Å². The van der Waals surface area contributed by atoms with Crippen LogP contribution in [0.5, 0.6) is 5.75 Å². The third-order valence-corrected chi connectivity index (χ3v) is 5.52. The number of ether oxygens (including phenoxy) is 1. The molecule has 5 rings (SSSR count). The molecule has 1 aromatic carbocycles. The summed E-state index contributed by atoms with van der Waals surface area (Å²) in [7, 11) is 1.74. The van der Waals surface area contributed by atoms with Crippen LogP contribution in [-0.2, 0) is 0 Å².